The Morgan fingerprint density at radius 3 is 2.80 bits per heavy atom. The van der Waals surface area contributed by atoms with Gasteiger partial charge in [0.25, 0.3) is 5.91 Å². The van der Waals surface area contributed by atoms with E-state index in [-0.39, 0.29) is 5.91 Å². The van der Waals surface area contributed by atoms with Crippen LogP contribution in [0.15, 0.2) is 24.3 Å². The van der Waals surface area contributed by atoms with Crippen LogP contribution < -0.4 is 11.1 Å². The van der Waals surface area contributed by atoms with E-state index in [1.54, 1.807) is 29.5 Å². The number of carbonyl (C=O) groups excluding carboxylic acids is 1. The van der Waals surface area contributed by atoms with E-state index in [2.05, 4.69) is 5.32 Å². The van der Waals surface area contributed by atoms with Gasteiger partial charge in [-0.2, -0.15) is 0 Å². The van der Waals surface area contributed by atoms with Gasteiger partial charge in [-0.1, -0.05) is 11.6 Å². The van der Waals surface area contributed by atoms with Crippen molar-refractivity contribution in [1.29, 1.82) is 0 Å². The molecule has 5 heteroatoms. The van der Waals surface area contributed by atoms with Gasteiger partial charge in [0.2, 0.25) is 0 Å². The molecule has 1 aliphatic rings. The summed E-state index contributed by atoms with van der Waals surface area (Å²) in [6.07, 6.45) is 4.63. The highest BCUT2D eigenvalue weighted by atomic mass is 35.5. The Labute approximate surface area is 126 Å². The number of aryl methyl sites for hydroxylation is 2. The van der Waals surface area contributed by atoms with E-state index >= 15 is 0 Å². The molecule has 2 aromatic rings. The van der Waals surface area contributed by atoms with Crippen LogP contribution >= 0.6 is 22.9 Å². The van der Waals surface area contributed by atoms with Gasteiger partial charge in [0, 0.05) is 10.6 Å². The molecule has 1 heterocycles. The fourth-order valence-electron chi connectivity index (χ4n) is 2.40. The average molecular weight is 307 g/mol. The van der Waals surface area contributed by atoms with Crippen LogP contribution in [0.4, 0.5) is 11.4 Å². The molecule has 0 atom stereocenters. The van der Waals surface area contributed by atoms with Crippen molar-refractivity contribution in [1.82, 2.24) is 0 Å². The lowest BCUT2D eigenvalue weighted by Gasteiger charge is -2.08. The zero-order valence-corrected chi connectivity index (χ0v) is 12.5. The predicted octanol–water partition coefficient (Wildman–Crippen LogP) is 4.11. The predicted molar refractivity (Wildman–Crippen MR) is 84.8 cm³/mol. The van der Waals surface area contributed by atoms with Crippen molar-refractivity contribution in [2.75, 3.05) is 11.1 Å². The lowest BCUT2D eigenvalue weighted by molar-refractivity contribution is 0.103. The first-order valence-corrected chi connectivity index (χ1v) is 7.81. The molecule has 104 valence electrons. The summed E-state index contributed by atoms with van der Waals surface area (Å²) in [4.78, 5) is 14.4. The molecular formula is C15H15ClN2OS. The Hall–Kier alpha value is -1.52. The molecule has 0 unspecified atom stereocenters. The lowest BCUT2D eigenvalue weighted by Crippen LogP contribution is -2.10. The van der Waals surface area contributed by atoms with Gasteiger partial charge in [-0.25, -0.2) is 0 Å². The molecule has 0 saturated carbocycles. The molecule has 0 bridgehead atoms. The van der Waals surface area contributed by atoms with Gasteiger partial charge >= 0.3 is 0 Å². The van der Waals surface area contributed by atoms with Crippen molar-refractivity contribution in [2.45, 2.75) is 25.7 Å². The number of nitrogen functional groups attached to an aromatic ring is 1. The normalized spacial score (nSPS) is 13.8. The molecule has 1 aromatic heterocycles. The number of rotatable bonds is 2. The number of halogens is 1. The molecule has 0 aliphatic heterocycles. The molecule has 3 N–H and O–H groups in total. The molecule has 20 heavy (non-hydrogen) atoms. The highest BCUT2D eigenvalue weighted by molar-refractivity contribution is 7.14. The van der Waals surface area contributed by atoms with E-state index < -0.39 is 0 Å². The van der Waals surface area contributed by atoms with Gasteiger partial charge in [-0.05, 0) is 55.5 Å². The van der Waals surface area contributed by atoms with Gasteiger partial charge in [0.05, 0.1) is 15.6 Å². The first-order chi connectivity index (χ1) is 9.63. The van der Waals surface area contributed by atoms with Crippen molar-refractivity contribution in [3.05, 3.63) is 44.6 Å². The number of fused-ring (bicyclic) bond motifs is 1. The first kappa shape index (κ1) is 13.5. The minimum Gasteiger partial charge on any atom is -0.398 e. The number of hydrogen-bond acceptors (Lipinski definition) is 3. The summed E-state index contributed by atoms with van der Waals surface area (Å²) in [5.41, 5.74) is 8.17. The molecule has 1 amide bonds. The molecule has 0 fully saturated rings. The Balaban J connectivity index is 1.78. The maximum absolute atomic E-state index is 12.3. The first-order valence-electron chi connectivity index (χ1n) is 6.61. The summed E-state index contributed by atoms with van der Waals surface area (Å²) >= 11 is 7.55. The lowest BCUT2D eigenvalue weighted by atomic mass is 9.99. The summed E-state index contributed by atoms with van der Waals surface area (Å²) in [5.74, 6) is -0.0785. The second kappa shape index (κ2) is 5.46. The zero-order valence-electron chi connectivity index (χ0n) is 10.9. The largest absolute Gasteiger partial charge is 0.398 e. The van der Waals surface area contributed by atoms with Crippen molar-refractivity contribution < 1.29 is 4.79 Å². The van der Waals surface area contributed by atoms with Crippen LogP contribution in [0.1, 0.15) is 33.0 Å². The van der Waals surface area contributed by atoms with Gasteiger partial charge in [0.15, 0.2) is 0 Å². The number of benzene rings is 1. The van der Waals surface area contributed by atoms with E-state index in [1.165, 1.54) is 23.3 Å². The van der Waals surface area contributed by atoms with Crippen LogP contribution in [0.5, 0.6) is 0 Å². The van der Waals surface area contributed by atoms with Crippen molar-refractivity contribution in [3.63, 3.8) is 0 Å². The Bertz CT molecular complexity index is 642. The topological polar surface area (TPSA) is 55.1 Å². The number of amides is 1. The summed E-state index contributed by atoms with van der Waals surface area (Å²) in [5, 5.41) is 3.32. The van der Waals surface area contributed by atoms with E-state index in [9.17, 15) is 4.79 Å². The molecule has 0 saturated heterocycles. The summed E-state index contributed by atoms with van der Waals surface area (Å²) in [6.45, 7) is 0. The van der Waals surface area contributed by atoms with Crippen LogP contribution in [0.3, 0.4) is 0 Å². The Morgan fingerprint density at radius 1 is 1.25 bits per heavy atom. The minimum absolute atomic E-state index is 0.0785. The summed E-state index contributed by atoms with van der Waals surface area (Å²) in [6, 6.07) is 7.14. The van der Waals surface area contributed by atoms with Gasteiger partial charge < -0.3 is 11.1 Å². The van der Waals surface area contributed by atoms with Gasteiger partial charge in [-0.15, -0.1) is 11.3 Å². The molecule has 0 radical (unpaired) electrons. The van der Waals surface area contributed by atoms with Crippen molar-refractivity contribution >= 4 is 40.2 Å². The van der Waals surface area contributed by atoms with Crippen LogP contribution in [-0.4, -0.2) is 5.91 Å². The van der Waals surface area contributed by atoms with E-state index in [0.717, 1.165) is 17.7 Å². The number of hydrogen-bond donors (Lipinski definition) is 2. The molecule has 0 spiro atoms. The van der Waals surface area contributed by atoms with Crippen LogP contribution in [0, 0.1) is 0 Å². The number of nitrogens with one attached hydrogen (secondary N) is 1. The smallest absolute Gasteiger partial charge is 0.265 e. The summed E-state index contributed by atoms with van der Waals surface area (Å²) < 4.78 is 0. The zero-order chi connectivity index (χ0) is 14.1. The number of carbonyl (C=O) groups is 1. The van der Waals surface area contributed by atoms with Crippen LogP contribution in [0.25, 0.3) is 0 Å². The Kier molecular flexibility index (Phi) is 3.68. The Morgan fingerprint density at radius 2 is 2.05 bits per heavy atom. The van der Waals surface area contributed by atoms with E-state index in [1.807, 2.05) is 6.07 Å². The second-order valence-corrected chi connectivity index (χ2v) is 6.50. The van der Waals surface area contributed by atoms with E-state index in [0.29, 0.717) is 16.4 Å². The molecule has 3 nitrogen and oxygen atoms in total. The standard InChI is InChI=1S/C15H15ClN2OS/c16-11-8-10(5-6-12(11)17)18-15(19)14-7-9-3-1-2-4-13(9)20-14/h5-8H,1-4,17H2,(H,18,19). The van der Waals surface area contributed by atoms with Gasteiger partial charge in [0.1, 0.15) is 0 Å². The van der Waals surface area contributed by atoms with Crippen molar-refractivity contribution in [2.24, 2.45) is 0 Å². The highest BCUT2D eigenvalue weighted by Gasteiger charge is 2.17. The van der Waals surface area contributed by atoms with Crippen molar-refractivity contribution in [3.8, 4) is 0 Å². The SMILES string of the molecule is Nc1ccc(NC(=O)c2cc3c(s2)CCCC3)cc1Cl. The van der Waals surface area contributed by atoms with E-state index in [4.69, 9.17) is 17.3 Å². The number of thiophene rings is 1. The molecule has 1 aliphatic carbocycles. The fourth-order valence-corrected chi connectivity index (χ4v) is 3.73. The third-order valence-corrected chi connectivity index (χ3v) is 5.04. The maximum Gasteiger partial charge on any atom is 0.265 e. The molecular weight excluding hydrogens is 292 g/mol. The van der Waals surface area contributed by atoms with Crippen LogP contribution in [-0.2, 0) is 12.8 Å². The van der Waals surface area contributed by atoms with Gasteiger partial charge in [-0.3, -0.25) is 4.79 Å². The molecule has 3 rings (SSSR count). The van der Waals surface area contributed by atoms with Crippen LogP contribution in [0.2, 0.25) is 5.02 Å². The second-order valence-electron chi connectivity index (χ2n) is 4.96. The number of nitrogens with two attached hydrogens (primary N) is 1. The third kappa shape index (κ3) is 2.67. The minimum atomic E-state index is -0.0785. The summed E-state index contributed by atoms with van der Waals surface area (Å²) in [7, 11) is 0. The number of anilines is 2. The third-order valence-electron chi connectivity index (χ3n) is 3.48. The fraction of sp³-hybridized carbons (Fsp3) is 0.267. The average Bonchev–Trinajstić information content (AvgIpc) is 2.87. The maximum atomic E-state index is 12.3. The highest BCUT2D eigenvalue weighted by Crippen LogP contribution is 2.30. The quantitative estimate of drug-likeness (QED) is 0.820. The monoisotopic (exact) mass is 306 g/mol. The molecule has 1 aromatic carbocycles.